The van der Waals surface area contributed by atoms with Crippen molar-refractivity contribution in [2.75, 3.05) is 0 Å². The van der Waals surface area contributed by atoms with E-state index in [9.17, 15) is 23.3 Å². The normalized spacial score (nSPS) is 15.2. The van der Waals surface area contributed by atoms with Gasteiger partial charge in [0.15, 0.2) is 5.78 Å². The molecule has 6 nitrogen and oxygen atoms in total. The second-order valence-electron chi connectivity index (χ2n) is 4.77. The summed E-state index contributed by atoms with van der Waals surface area (Å²) in [5.74, 6) is -0.437. The van der Waals surface area contributed by atoms with E-state index in [2.05, 4.69) is 0 Å². The number of aryl methyl sites for hydroxylation is 1. The molecule has 0 atom stereocenters. The van der Waals surface area contributed by atoms with Crippen molar-refractivity contribution >= 4 is 21.3 Å². The van der Waals surface area contributed by atoms with Crippen LogP contribution in [0.5, 0.6) is 0 Å². The van der Waals surface area contributed by atoms with Crippen molar-refractivity contribution < 1.29 is 18.1 Å². The van der Waals surface area contributed by atoms with E-state index >= 15 is 0 Å². The molecule has 1 heterocycles. The van der Waals surface area contributed by atoms with Gasteiger partial charge in [0.05, 0.1) is 14.7 Å². The summed E-state index contributed by atoms with van der Waals surface area (Å²) in [4.78, 5) is 22.1. The lowest BCUT2D eigenvalue weighted by atomic mass is 10.0. The lowest BCUT2D eigenvalue weighted by Crippen LogP contribution is -2.20. The predicted octanol–water partition coefficient (Wildman–Crippen LogP) is 2.28. The molecule has 0 spiro atoms. The Morgan fingerprint density at radius 1 is 1.00 bits per heavy atom. The second-order valence-corrected chi connectivity index (χ2v) is 6.66. The summed E-state index contributed by atoms with van der Waals surface area (Å²) in [7, 11) is -3.93. The molecule has 21 heavy (non-hydrogen) atoms. The monoisotopic (exact) mass is 303 g/mol. The number of rotatable bonds is 1. The predicted molar refractivity (Wildman–Crippen MR) is 73.2 cm³/mol. The van der Waals surface area contributed by atoms with Crippen molar-refractivity contribution in [2.24, 2.45) is 0 Å². The molecule has 0 amide bonds. The topological polar surface area (TPSA) is 94.3 Å². The quantitative estimate of drug-likeness (QED) is 0.507. The van der Waals surface area contributed by atoms with Gasteiger partial charge in [0, 0.05) is 23.3 Å². The number of carbonyl (C=O) groups is 1. The molecule has 2 aromatic rings. The molecule has 1 aliphatic rings. The van der Waals surface area contributed by atoms with Crippen LogP contribution in [0, 0.1) is 17.0 Å². The molecule has 0 saturated carbocycles. The van der Waals surface area contributed by atoms with Crippen LogP contribution in [-0.4, -0.2) is 19.1 Å². The lowest BCUT2D eigenvalue weighted by Gasteiger charge is -2.18. The molecule has 0 fully saturated rings. The Hall–Kier alpha value is -2.54. The molecule has 0 unspecified atom stereocenters. The SMILES string of the molecule is Cc1ccc2c(c1)C(=O)c1ccc([N+](=O)[O-])cc1S2(=O)=O. The van der Waals surface area contributed by atoms with Crippen molar-refractivity contribution in [1.82, 2.24) is 0 Å². The van der Waals surface area contributed by atoms with E-state index in [0.717, 1.165) is 17.7 Å². The highest BCUT2D eigenvalue weighted by Gasteiger charge is 2.35. The Bertz CT molecular complexity index is 915. The number of carbonyl (C=O) groups excluding carboxylic acids is 1. The minimum absolute atomic E-state index is 0.0290. The maximum absolute atomic E-state index is 12.6. The summed E-state index contributed by atoms with van der Waals surface area (Å²) < 4.78 is 25.1. The van der Waals surface area contributed by atoms with Crippen LogP contribution in [-0.2, 0) is 9.84 Å². The minimum Gasteiger partial charge on any atom is -0.289 e. The van der Waals surface area contributed by atoms with Crippen molar-refractivity contribution in [2.45, 2.75) is 16.7 Å². The molecular weight excluding hydrogens is 294 g/mol. The summed E-state index contributed by atoms with van der Waals surface area (Å²) in [6.45, 7) is 1.76. The van der Waals surface area contributed by atoms with Crippen LogP contribution >= 0.6 is 0 Å². The van der Waals surface area contributed by atoms with Crippen LogP contribution in [0.4, 0.5) is 5.69 Å². The zero-order valence-corrected chi connectivity index (χ0v) is 11.7. The summed E-state index contributed by atoms with van der Waals surface area (Å²) in [5, 5.41) is 10.8. The fourth-order valence-corrected chi connectivity index (χ4v) is 4.01. The summed E-state index contributed by atoms with van der Waals surface area (Å²) in [6, 6.07) is 7.72. The number of nitro groups is 1. The van der Waals surface area contributed by atoms with E-state index in [-0.39, 0.29) is 26.6 Å². The van der Waals surface area contributed by atoms with Crippen molar-refractivity contribution in [3.05, 3.63) is 63.2 Å². The van der Waals surface area contributed by atoms with Gasteiger partial charge >= 0.3 is 0 Å². The summed E-state index contributed by atoms with van der Waals surface area (Å²) >= 11 is 0. The molecule has 0 bridgehead atoms. The third-order valence-electron chi connectivity index (χ3n) is 3.38. The molecule has 3 rings (SSSR count). The number of hydrogen-bond donors (Lipinski definition) is 0. The van der Waals surface area contributed by atoms with Crippen LogP contribution < -0.4 is 0 Å². The van der Waals surface area contributed by atoms with Crippen molar-refractivity contribution in [1.29, 1.82) is 0 Å². The van der Waals surface area contributed by atoms with Gasteiger partial charge in [-0.05, 0) is 25.1 Å². The second kappa shape index (κ2) is 4.23. The van der Waals surface area contributed by atoms with Gasteiger partial charge < -0.3 is 0 Å². The Labute approximate surface area is 120 Å². The molecule has 2 aromatic carbocycles. The van der Waals surface area contributed by atoms with E-state index in [1.165, 1.54) is 18.2 Å². The maximum Gasteiger partial charge on any atom is 0.270 e. The lowest BCUT2D eigenvalue weighted by molar-refractivity contribution is -0.385. The maximum atomic E-state index is 12.6. The van der Waals surface area contributed by atoms with E-state index in [4.69, 9.17) is 0 Å². The van der Waals surface area contributed by atoms with E-state index in [1.807, 2.05) is 0 Å². The molecule has 7 heteroatoms. The number of ketones is 1. The highest BCUT2D eigenvalue weighted by molar-refractivity contribution is 7.91. The van der Waals surface area contributed by atoms with Crippen LogP contribution in [0.15, 0.2) is 46.2 Å². The van der Waals surface area contributed by atoms with Gasteiger partial charge in [-0.3, -0.25) is 14.9 Å². The largest absolute Gasteiger partial charge is 0.289 e. The van der Waals surface area contributed by atoms with Crippen LogP contribution in [0.1, 0.15) is 21.5 Å². The van der Waals surface area contributed by atoms with Gasteiger partial charge in [-0.15, -0.1) is 0 Å². The number of fused-ring (bicyclic) bond motifs is 2. The Morgan fingerprint density at radius 3 is 2.38 bits per heavy atom. The highest BCUT2D eigenvalue weighted by Crippen LogP contribution is 2.36. The molecule has 0 aliphatic carbocycles. The summed E-state index contributed by atoms with van der Waals surface area (Å²) in [5.41, 5.74) is 0.485. The fourth-order valence-electron chi connectivity index (χ4n) is 2.35. The van der Waals surface area contributed by atoms with Crippen LogP contribution in [0.3, 0.4) is 0 Å². The van der Waals surface area contributed by atoms with E-state index in [0.29, 0.717) is 0 Å². The van der Waals surface area contributed by atoms with Crippen LogP contribution in [0.2, 0.25) is 0 Å². The summed E-state index contributed by atoms with van der Waals surface area (Å²) in [6.07, 6.45) is 0. The standard InChI is InChI=1S/C14H9NO5S/c1-8-2-5-12-11(6-8)14(16)10-4-3-9(15(17)18)7-13(10)21(12,19)20/h2-7H,1H3. The number of sulfone groups is 1. The zero-order valence-electron chi connectivity index (χ0n) is 10.9. The Kier molecular flexibility index (Phi) is 2.70. The van der Waals surface area contributed by atoms with Gasteiger partial charge in [0.1, 0.15) is 0 Å². The number of hydrogen-bond acceptors (Lipinski definition) is 5. The van der Waals surface area contributed by atoms with Crippen LogP contribution in [0.25, 0.3) is 0 Å². The minimum atomic E-state index is -3.93. The number of benzene rings is 2. The number of nitrogens with zero attached hydrogens (tertiary/aromatic N) is 1. The average molecular weight is 303 g/mol. The van der Waals surface area contributed by atoms with Gasteiger partial charge in [0.25, 0.3) is 5.69 Å². The zero-order chi connectivity index (χ0) is 15.4. The van der Waals surface area contributed by atoms with Crippen molar-refractivity contribution in [3.63, 3.8) is 0 Å². The molecule has 0 aromatic heterocycles. The third-order valence-corrected chi connectivity index (χ3v) is 5.23. The number of non-ortho nitro benzene ring substituents is 1. The van der Waals surface area contributed by atoms with E-state index in [1.54, 1.807) is 13.0 Å². The Morgan fingerprint density at radius 2 is 1.71 bits per heavy atom. The highest BCUT2D eigenvalue weighted by atomic mass is 32.2. The smallest absolute Gasteiger partial charge is 0.270 e. The first-order chi connectivity index (χ1) is 9.82. The first-order valence-corrected chi connectivity index (χ1v) is 7.49. The van der Waals surface area contributed by atoms with Gasteiger partial charge in [-0.2, -0.15) is 0 Å². The molecule has 106 valence electrons. The Balaban J connectivity index is 2.37. The first kappa shape index (κ1) is 13.4. The third kappa shape index (κ3) is 1.85. The number of nitro benzene ring substituents is 1. The van der Waals surface area contributed by atoms with Gasteiger partial charge in [0.2, 0.25) is 9.84 Å². The molecule has 0 N–H and O–H groups in total. The van der Waals surface area contributed by atoms with Crippen molar-refractivity contribution in [3.8, 4) is 0 Å². The molecule has 1 aliphatic heterocycles. The average Bonchev–Trinajstić information content (AvgIpc) is 2.44. The van der Waals surface area contributed by atoms with E-state index < -0.39 is 20.5 Å². The van der Waals surface area contributed by atoms with Gasteiger partial charge in [-0.25, -0.2) is 8.42 Å². The first-order valence-electron chi connectivity index (χ1n) is 6.01. The fraction of sp³-hybridized carbons (Fsp3) is 0.0714. The van der Waals surface area contributed by atoms with Gasteiger partial charge in [-0.1, -0.05) is 11.6 Å². The molecule has 0 saturated heterocycles. The molecule has 0 radical (unpaired) electrons. The molecular formula is C14H9NO5S.